The third-order valence-corrected chi connectivity index (χ3v) is 3.66. The number of aliphatic hydroxyl groups excluding tert-OH is 1. The van der Waals surface area contributed by atoms with Gasteiger partial charge in [0.05, 0.1) is 6.04 Å². The highest BCUT2D eigenvalue weighted by Crippen LogP contribution is 2.26. The van der Waals surface area contributed by atoms with Crippen molar-refractivity contribution in [1.29, 1.82) is 0 Å². The van der Waals surface area contributed by atoms with Crippen molar-refractivity contribution in [2.24, 2.45) is 5.92 Å². The fourth-order valence-electron chi connectivity index (χ4n) is 2.73. The van der Waals surface area contributed by atoms with Crippen molar-refractivity contribution in [2.45, 2.75) is 25.1 Å². The smallest absolute Gasteiger partial charge is 0.396 e. The number of carbonyl (C=O) groups is 1. The molecule has 18 heavy (non-hydrogen) atoms. The Hall–Kier alpha value is -0.820. The Kier molecular flexibility index (Phi) is 3.82. The van der Waals surface area contributed by atoms with Crippen LogP contribution in [0.5, 0.6) is 0 Å². The number of rotatable bonds is 3. The van der Waals surface area contributed by atoms with Crippen molar-refractivity contribution < 1.29 is 23.1 Å². The Balaban J connectivity index is 1.91. The number of likely N-dealkylation sites (tertiary alicyclic amines) is 2. The Bertz CT molecular complexity index is 322. The minimum atomic E-state index is -4.33. The van der Waals surface area contributed by atoms with Crippen LogP contribution < -0.4 is 0 Å². The minimum absolute atomic E-state index is 0.0731. The number of carbonyl (C=O) groups excluding carboxylic acids is 1. The Labute approximate surface area is 103 Å². The van der Waals surface area contributed by atoms with Gasteiger partial charge in [0.15, 0.2) is 0 Å². The average molecular weight is 266 g/mol. The second-order valence-electron chi connectivity index (χ2n) is 5.01. The van der Waals surface area contributed by atoms with Crippen molar-refractivity contribution in [2.75, 3.05) is 32.8 Å². The van der Waals surface area contributed by atoms with E-state index in [0.29, 0.717) is 19.5 Å². The summed E-state index contributed by atoms with van der Waals surface area (Å²) in [4.78, 5) is 14.7. The maximum Gasteiger partial charge on any atom is 0.406 e. The zero-order valence-electron chi connectivity index (χ0n) is 9.99. The summed E-state index contributed by atoms with van der Waals surface area (Å²) >= 11 is 0. The highest BCUT2D eigenvalue weighted by molar-refractivity contribution is 5.84. The fraction of sp³-hybridized carbons (Fsp3) is 0.909. The molecule has 0 radical (unpaired) electrons. The van der Waals surface area contributed by atoms with Gasteiger partial charge in [-0.3, -0.25) is 9.69 Å². The minimum Gasteiger partial charge on any atom is -0.396 e. The quantitative estimate of drug-likeness (QED) is 0.807. The molecule has 0 aromatic heterocycles. The molecule has 1 amide bonds. The number of aliphatic hydroxyl groups is 1. The second-order valence-corrected chi connectivity index (χ2v) is 5.01. The molecule has 1 N–H and O–H groups in total. The molecule has 2 aliphatic heterocycles. The number of amides is 1. The maximum absolute atomic E-state index is 12.3. The number of halogens is 3. The zero-order valence-corrected chi connectivity index (χ0v) is 9.99. The summed E-state index contributed by atoms with van der Waals surface area (Å²) in [6.45, 7) is 0.376. The van der Waals surface area contributed by atoms with Gasteiger partial charge in [0, 0.05) is 19.7 Å². The molecule has 2 saturated heterocycles. The molecule has 2 aliphatic rings. The van der Waals surface area contributed by atoms with Gasteiger partial charge < -0.3 is 10.0 Å². The van der Waals surface area contributed by atoms with E-state index in [9.17, 15) is 18.0 Å². The molecule has 0 aromatic rings. The van der Waals surface area contributed by atoms with E-state index in [2.05, 4.69) is 0 Å². The molecular weight excluding hydrogens is 249 g/mol. The van der Waals surface area contributed by atoms with Crippen LogP contribution in [-0.4, -0.2) is 65.8 Å². The van der Waals surface area contributed by atoms with Gasteiger partial charge in [0.25, 0.3) is 0 Å². The van der Waals surface area contributed by atoms with E-state index in [0.717, 1.165) is 11.3 Å². The molecule has 2 rings (SSSR count). The molecule has 2 fully saturated rings. The lowest BCUT2D eigenvalue weighted by atomic mass is 10.1. The normalized spacial score (nSPS) is 30.4. The van der Waals surface area contributed by atoms with Crippen LogP contribution in [0.4, 0.5) is 13.2 Å². The third kappa shape index (κ3) is 2.95. The zero-order chi connectivity index (χ0) is 13.3. The van der Waals surface area contributed by atoms with Crippen molar-refractivity contribution in [1.82, 2.24) is 9.80 Å². The average Bonchev–Trinajstić information content (AvgIpc) is 2.85. The van der Waals surface area contributed by atoms with E-state index >= 15 is 0 Å². The Morgan fingerprint density at radius 1 is 1.28 bits per heavy atom. The largest absolute Gasteiger partial charge is 0.406 e. The Morgan fingerprint density at radius 2 is 2.00 bits per heavy atom. The van der Waals surface area contributed by atoms with Crippen LogP contribution in [0, 0.1) is 5.92 Å². The molecule has 2 unspecified atom stereocenters. The number of alkyl halides is 3. The molecule has 0 aromatic carbocycles. The standard InChI is InChI=1S/C11H17F3N2O2/c12-11(13,14)7-16-4-2-9(10(16)18)15-3-1-8(5-15)6-17/h8-9,17H,1-7H2. The summed E-state index contributed by atoms with van der Waals surface area (Å²) in [5.74, 6) is -0.277. The molecule has 4 nitrogen and oxygen atoms in total. The molecule has 2 atom stereocenters. The van der Waals surface area contributed by atoms with Gasteiger partial charge >= 0.3 is 6.18 Å². The van der Waals surface area contributed by atoms with Gasteiger partial charge in [-0.05, 0) is 25.3 Å². The molecule has 2 heterocycles. The van der Waals surface area contributed by atoms with Crippen LogP contribution in [0.3, 0.4) is 0 Å². The van der Waals surface area contributed by atoms with Crippen molar-refractivity contribution in [3.8, 4) is 0 Å². The molecule has 7 heteroatoms. The molecule has 0 bridgehead atoms. The SMILES string of the molecule is O=C1C(N2CCC(CO)C2)CCN1CC(F)(F)F. The summed E-state index contributed by atoms with van der Waals surface area (Å²) in [6, 6.07) is -0.427. The lowest BCUT2D eigenvalue weighted by molar-refractivity contribution is -0.159. The first kappa shape index (κ1) is 13.6. The van der Waals surface area contributed by atoms with E-state index in [1.165, 1.54) is 0 Å². The monoisotopic (exact) mass is 266 g/mol. The molecule has 0 spiro atoms. The van der Waals surface area contributed by atoms with Crippen molar-refractivity contribution >= 4 is 5.91 Å². The predicted molar refractivity (Wildman–Crippen MR) is 57.8 cm³/mol. The van der Waals surface area contributed by atoms with Crippen LogP contribution in [-0.2, 0) is 4.79 Å². The first-order chi connectivity index (χ1) is 8.40. The van der Waals surface area contributed by atoms with Crippen LogP contribution in [0.15, 0.2) is 0 Å². The van der Waals surface area contributed by atoms with E-state index < -0.39 is 24.7 Å². The predicted octanol–water partition coefficient (Wildman–Crippen LogP) is 0.464. The van der Waals surface area contributed by atoms with Gasteiger partial charge in [-0.15, -0.1) is 0 Å². The Morgan fingerprint density at radius 3 is 2.56 bits per heavy atom. The second kappa shape index (κ2) is 5.05. The van der Waals surface area contributed by atoms with Gasteiger partial charge in [-0.2, -0.15) is 13.2 Å². The van der Waals surface area contributed by atoms with E-state index in [4.69, 9.17) is 5.11 Å². The summed E-state index contributed by atoms with van der Waals surface area (Å²) in [7, 11) is 0. The van der Waals surface area contributed by atoms with Crippen LogP contribution in [0.1, 0.15) is 12.8 Å². The van der Waals surface area contributed by atoms with Crippen molar-refractivity contribution in [3.63, 3.8) is 0 Å². The highest BCUT2D eigenvalue weighted by Gasteiger charge is 2.42. The molecule has 0 saturated carbocycles. The first-order valence-electron chi connectivity index (χ1n) is 6.11. The highest BCUT2D eigenvalue weighted by atomic mass is 19.4. The molecular formula is C11H17F3N2O2. The van der Waals surface area contributed by atoms with E-state index in [1.54, 1.807) is 0 Å². The van der Waals surface area contributed by atoms with Gasteiger partial charge in [0.2, 0.25) is 5.91 Å². The summed E-state index contributed by atoms with van der Waals surface area (Å²) in [6.07, 6.45) is -3.07. The van der Waals surface area contributed by atoms with Gasteiger partial charge in [-0.1, -0.05) is 0 Å². The number of hydrogen-bond acceptors (Lipinski definition) is 3. The van der Waals surface area contributed by atoms with E-state index in [-0.39, 0.29) is 19.1 Å². The molecule has 104 valence electrons. The summed E-state index contributed by atoms with van der Waals surface area (Å²) < 4.78 is 36.8. The van der Waals surface area contributed by atoms with E-state index in [1.807, 2.05) is 4.90 Å². The van der Waals surface area contributed by atoms with Gasteiger partial charge in [0.1, 0.15) is 6.54 Å². The lowest BCUT2D eigenvalue weighted by Gasteiger charge is -2.23. The number of nitrogens with zero attached hydrogens (tertiary/aromatic N) is 2. The van der Waals surface area contributed by atoms with Crippen LogP contribution in [0.2, 0.25) is 0 Å². The molecule has 0 aliphatic carbocycles. The van der Waals surface area contributed by atoms with Crippen LogP contribution in [0.25, 0.3) is 0 Å². The van der Waals surface area contributed by atoms with Crippen LogP contribution >= 0.6 is 0 Å². The summed E-state index contributed by atoms with van der Waals surface area (Å²) in [5, 5.41) is 9.03. The first-order valence-corrected chi connectivity index (χ1v) is 6.11. The topological polar surface area (TPSA) is 43.8 Å². The lowest BCUT2D eigenvalue weighted by Crippen LogP contribution is -2.43. The summed E-state index contributed by atoms with van der Waals surface area (Å²) in [5.41, 5.74) is 0. The number of hydrogen-bond donors (Lipinski definition) is 1. The fourth-order valence-corrected chi connectivity index (χ4v) is 2.73. The van der Waals surface area contributed by atoms with Gasteiger partial charge in [-0.25, -0.2) is 0 Å². The maximum atomic E-state index is 12.3. The third-order valence-electron chi connectivity index (χ3n) is 3.66. The van der Waals surface area contributed by atoms with Crippen molar-refractivity contribution in [3.05, 3.63) is 0 Å².